The van der Waals surface area contributed by atoms with E-state index in [1.54, 1.807) is 37.3 Å². The predicted octanol–water partition coefficient (Wildman–Crippen LogP) is 3.33. The molecule has 0 aliphatic carbocycles. The Morgan fingerprint density at radius 3 is 2.63 bits per heavy atom. The van der Waals surface area contributed by atoms with E-state index in [1.807, 2.05) is 6.92 Å². The highest BCUT2D eigenvalue weighted by atomic mass is 35.5. The van der Waals surface area contributed by atoms with E-state index in [1.165, 1.54) is 13.2 Å². The highest BCUT2D eigenvalue weighted by molar-refractivity contribution is 6.30. The molecule has 3 N–H and O–H groups in total. The number of carbonyl (C=O) groups is 4. The fraction of sp³-hybridized carbons (Fsp3) is 0.360. The highest BCUT2D eigenvalue weighted by Gasteiger charge is 2.35. The van der Waals surface area contributed by atoms with Crippen molar-refractivity contribution in [2.45, 2.75) is 32.7 Å². The number of urea groups is 1. The Kier molecular flexibility index (Phi) is 8.34. The van der Waals surface area contributed by atoms with Gasteiger partial charge in [0.15, 0.2) is 0 Å². The predicted molar refractivity (Wildman–Crippen MR) is 130 cm³/mol. The first-order valence-corrected chi connectivity index (χ1v) is 11.6. The number of benzene rings is 2. The molecule has 186 valence electrons. The molecule has 2 atom stereocenters. The quantitative estimate of drug-likeness (QED) is 0.534. The minimum Gasteiger partial charge on any atom is -0.496 e. The molecule has 9 nitrogen and oxygen atoms in total. The zero-order valence-corrected chi connectivity index (χ0v) is 20.5. The van der Waals surface area contributed by atoms with Gasteiger partial charge in [-0.3, -0.25) is 14.5 Å². The van der Waals surface area contributed by atoms with Gasteiger partial charge in [-0.05, 0) is 60.7 Å². The van der Waals surface area contributed by atoms with Crippen molar-refractivity contribution in [3.63, 3.8) is 0 Å². The smallest absolute Gasteiger partial charge is 0.335 e. The normalized spacial score (nSPS) is 16.8. The minimum atomic E-state index is -1.03. The molecule has 1 fully saturated rings. The van der Waals surface area contributed by atoms with Crippen LogP contribution < -0.4 is 15.4 Å². The van der Waals surface area contributed by atoms with Crippen LogP contribution in [0.2, 0.25) is 5.02 Å². The van der Waals surface area contributed by atoms with Crippen LogP contribution in [0.1, 0.15) is 46.4 Å². The van der Waals surface area contributed by atoms with E-state index in [2.05, 4.69) is 10.6 Å². The van der Waals surface area contributed by atoms with Gasteiger partial charge in [0.05, 0.1) is 24.6 Å². The average Bonchev–Trinajstić information content (AvgIpc) is 2.96. The number of halogens is 1. The molecule has 3 rings (SSSR count). The Morgan fingerprint density at radius 1 is 1.26 bits per heavy atom. The molecule has 0 saturated carbocycles. The summed E-state index contributed by atoms with van der Waals surface area (Å²) in [6.45, 7) is 3.21. The summed E-state index contributed by atoms with van der Waals surface area (Å²) in [6, 6.07) is 8.72. The maximum atomic E-state index is 13.3. The zero-order chi connectivity index (χ0) is 25.7. The second-order valence-electron chi connectivity index (χ2n) is 8.38. The van der Waals surface area contributed by atoms with Gasteiger partial charge in [0.1, 0.15) is 12.3 Å². The number of imide groups is 1. The van der Waals surface area contributed by atoms with E-state index in [0.717, 1.165) is 4.90 Å². The number of hydrogen-bond donors (Lipinski definition) is 3. The molecule has 2 aromatic rings. The molecule has 10 heteroatoms. The van der Waals surface area contributed by atoms with Crippen LogP contribution in [-0.2, 0) is 16.0 Å². The highest BCUT2D eigenvalue weighted by Crippen LogP contribution is 2.27. The van der Waals surface area contributed by atoms with Crippen molar-refractivity contribution in [2.24, 2.45) is 5.92 Å². The molecular formula is C25H28ClN3O6. The number of rotatable bonds is 7. The molecular weight excluding hydrogens is 474 g/mol. The number of ether oxygens (including phenoxy) is 1. The van der Waals surface area contributed by atoms with Gasteiger partial charge in [-0.25, -0.2) is 9.59 Å². The summed E-state index contributed by atoms with van der Waals surface area (Å²) in [5.41, 5.74) is 2.13. The van der Waals surface area contributed by atoms with Gasteiger partial charge in [0.25, 0.3) is 0 Å². The lowest BCUT2D eigenvalue weighted by Crippen LogP contribution is -2.48. The Morgan fingerprint density at radius 2 is 2.00 bits per heavy atom. The van der Waals surface area contributed by atoms with E-state index in [-0.39, 0.29) is 18.5 Å². The molecule has 0 spiro atoms. The summed E-state index contributed by atoms with van der Waals surface area (Å²) in [5.74, 6) is -2.11. The van der Waals surface area contributed by atoms with Gasteiger partial charge >= 0.3 is 12.0 Å². The molecule has 0 bridgehead atoms. The van der Waals surface area contributed by atoms with Crippen molar-refractivity contribution < 1.29 is 29.0 Å². The summed E-state index contributed by atoms with van der Waals surface area (Å²) in [6.07, 6.45) is 0.717. The number of aromatic carboxylic acids is 1. The minimum absolute atomic E-state index is 0.0736. The SMILES string of the molecule is CC[C@@H](NC(=O)N1CC(=O)NC[C@H](Cc2cc(Cl)ccc2OC)C1=O)c1ccc(C(=O)O)c(C)c1. The van der Waals surface area contributed by atoms with Crippen LogP contribution in [-0.4, -0.2) is 54.0 Å². The van der Waals surface area contributed by atoms with E-state index < -0.39 is 42.3 Å². The summed E-state index contributed by atoms with van der Waals surface area (Å²) >= 11 is 6.11. The number of aryl methyl sites for hydroxylation is 1. The van der Waals surface area contributed by atoms with Crippen molar-refractivity contribution in [3.8, 4) is 5.75 Å². The topological polar surface area (TPSA) is 125 Å². The van der Waals surface area contributed by atoms with Gasteiger partial charge in [-0.15, -0.1) is 0 Å². The first-order valence-electron chi connectivity index (χ1n) is 11.2. The molecule has 35 heavy (non-hydrogen) atoms. The number of hydrogen-bond acceptors (Lipinski definition) is 5. The van der Waals surface area contributed by atoms with Gasteiger partial charge in [-0.2, -0.15) is 0 Å². The monoisotopic (exact) mass is 501 g/mol. The lowest BCUT2D eigenvalue weighted by molar-refractivity contribution is -0.133. The summed E-state index contributed by atoms with van der Waals surface area (Å²) in [4.78, 5) is 51.0. The van der Waals surface area contributed by atoms with Gasteiger partial charge in [0, 0.05) is 11.6 Å². The van der Waals surface area contributed by atoms with Crippen LogP contribution in [0.15, 0.2) is 36.4 Å². The molecule has 2 aromatic carbocycles. The van der Waals surface area contributed by atoms with Crippen molar-refractivity contribution in [2.75, 3.05) is 20.2 Å². The second-order valence-corrected chi connectivity index (χ2v) is 8.81. The Hall–Kier alpha value is -3.59. The van der Waals surface area contributed by atoms with Crippen LogP contribution >= 0.6 is 11.6 Å². The van der Waals surface area contributed by atoms with Gasteiger partial charge < -0.3 is 20.5 Å². The fourth-order valence-electron chi connectivity index (χ4n) is 4.12. The van der Waals surface area contributed by atoms with Crippen LogP contribution in [0.25, 0.3) is 0 Å². The summed E-state index contributed by atoms with van der Waals surface area (Å²) in [7, 11) is 1.51. The fourth-order valence-corrected chi connectivity index (χ4v) is 4.31. The van der Waals surface area contributed by atoms with E-state index in [9.17, 15) is 24.3 Å². The van der Waals surface area contributed by atoms with E-state index >= 15 is 0 Å². The Bertz CT molecular complexity index is 1150. The summed E-state index contributed by atoms with van der Waals surface area (Å²) < 4.78 is 5.37. The third kappa shape index (κ3) is 6.10. The first kappa shape index (κ1) is 26.0. The first-order chi connectivity index (χ1) is 16.6. The standard InChI is InChI=1S/C25H28ClN3O6/c1-4-20(15-5-7-19(24(32)33)14(2)9-15)28-25(34)29-13-22(30)27-12-17(23(29)31)10-16-11-18(26)6-8-21(16)35-3/h5-9,11,17,20H,4,10,12-13H2,1-3H3,(H,27,30)(H,28,34)(H,32,33)/t17-,20+/m0/s1. The lowest BCUT2D eigenvalue weighted by atomic mass is 9.97. The molecule has 1 aliphatic rings. The number of amides is 4. The number of nitrogens with zero attached hydrogens (tertiary/aromatic N) is 1. The number of carboxylic acids is 1. The van der Waals surface area contributed by atoms with Crippen molar-refractivity contribution in [1.29, 1.82) is 0 Å². The number of methoxy groups -OCH3 is 1. The van der Waals surface area contributed by atoms with Crippen molar-refractivity contribution in [3.05, 3.63) is 63.7 Å². The Balaban J connectivity index is 1.81. The third-order valence-electron chi connectivity index (χ3n) is 6.01. The van der Waals surface area contributed by atoms with E-state index in [4.69, 9.17) is 16.3 Å². The zero-order valence-electron chi connectivity index (χ0n) is 19.8. The van der Waals surface area contributed by atoms with Crippen LogP contribution in [0.4, 0.5) is 4.79 Å². The molecule has 0 radical (unpaired) electrons. The molecule has 1 heterocycles. The van der Waals surface area contributed by atoms with Gasteiger partial charge in [0.2, 0.25) is 11.8 Å². The maximum absolute atomic E-state index is 13.3. The Labute approximate surface area is 208 Å². The number of carbonyl (C=O) groups excluding carboxylic acids is 3. The van der Waals surface area contributed by atoms with Crippen molar-refractivity contribution in [1.82, 2.24) is 15.5 Å². The van der Waals surface area contributed by atoms with Crippen LogP contribution in [0, 0.1) is 12.8 Å². The molecule has 1 aliphatic heterocycles. The van der Waals surface area contributed by atoms with E-state index in [0.29, 0.717) is 33.9 Å². The molecule has 0 unspecified atom stereocenters. The maximum Gasteiger partial charge on any atom is 0.335 e. The summed E-state index contributed by atoms with van der Waals surface area (Å²) in [5, 5.41) is 15.3. The van der Waals surface area contributed by atoms with Crippen LogP contribution in [0.5, 0.6) is 5.75 Å². The lowest BCUT2D eigenvalue weighted by Gasteiger charge is -2.26. The molecule has 1 saturated heterocycles. The second kappa shape index (κ2) is 11.2. The largest absolute Gasteiger partial charge is 0.496 e. The number of nitrogens with one attached hydrogen (secondary N) is 2. The molecule has 0 aromatic heterocycles. The van der Waals surface area contributed by atoms with Crippen LogP contribution in [0.3, 0.4) is 0 Å². The average molecular weight is 502 g/mol. The van der Waals surface area contributed by atoms with Gasteiger partial charge in [-0.1, -0.05) is 30.7 Å². The molecule has 4 amide bonds. The third-order valence-corrected chi connectivity index (χ3v) is 6.24. The van der Waals surface area contributed by atoms with Crippen molar-refractivity contribution >= 4 is 35.4 Å². The number of carboxylic acid groups (broad SMARTS) is 1.